The molecule has 0 amide bonds. The number of nitrogens with zero attached hydrogens (tertiary/aromatic N) is 1. The van der Waals surface area contributed by atoms with E-state index in [-0.39, 0.29) is 24.6 Å². The summed E-state index contributed by atoms with van der Waals surface area (Å²) in [6.45, 7) is 0.138. The topological polar surface area (TPSA) is 66.4 Å². The average Bonchev–Trinajstić information content (AvgIpc) is 2.72. The quantitative estimate of drug-likeness (QED) is 0.199. The number of carbonyl (C=O) groups excluding carboxylic acids is 1. The normalized spacial score (nSPS) is 11.9. The molecule has 2 aromatic rings. The van der Waals surface area contributed by atoms with Crippen LogP contribution in [0, 0.1) is 5.82 Å². The number of ether oxygens (including phenoxy) is 3. The molecule has 29 heavy (non-hydrogen) atoms. The van der Waals surface area contributed by atoms with E-state index in [9.17, 15) is 9.18 Å². The van der Waals surface area contributed by atoms with Crippen molar-refractivity contribution in [2.24, 2.45) is 5.16 Å². The van der Waals surface area contributed by atoms with Crippen molar-refractivity contribution >= 4 is 28.9 Å². The number of hydrogen-bond donors (Lipinski definition) is 0. The zero-order chi connectivity index (χ0) is 21.2. The van der Waals surface area contributed by atoms with E-state index in [0.717, 1.165) is 0 Å². The van der Waals surface area contributed by atoms with E-state index in [4.69, 9.17) is 30.6 Å². The van der Waals surface area contributed by atoms with E-state index in [0.29, 0.717) is 27.4 Å². The molecule has 0 saturated heterocycles. The number of methoxy groups -OCH3 is 3. The molecule has 0 aromatic heterocycles. The number of rotatable bonds is 9. The number of oxime groups is 1. The second-order valence-electron chi connectivity index (χ2n) is 5.78. The van der Waals surface area contributed by atoms with Gasteiger partial charge in [0.05, 0.1) is 27.1 Å². The van der Waals surface area contributed by atoms with Crippen LogP contribution in [-0.2, 0) is 30.4 Å². The Kier molecular flexibility index (Phi) is 8.64. The minimum atomic E-state index is -0.578. The first-order valence-corrected chi connectivity index (χ1v) is 8.92. The summed E-state index contributed by atoms with van der Waals surface area (Å²) in [4.78, 5) is 17.6. The summed E-state index contributed by atoms with van der Waals surface area (Å²) >= 11 is 6.32. The van der Waals surface area contributed by atoms with Crippen molar-refractivity contribution < 1.29 is 28.2 Å². The second-order valence-corrected chi connectivity index (χ2v) is 6.18. The summed E-state index contributed by atoms with van der Waals surface area (Å²) in [7, 11) is 4.22. The fraction of sp³-hybridized carbons (Fsp3) is 0.238. The van der Waals surface area contributed by atoms with E-state index in [1.807, 2.05) is 0 Å². The Hall–Kier alpha value is -2.90. The first-order valence-electron chi connectivity index (χ1n) is 8.54. The van der Waals surface area contributed by atoms with Crippen LogP contribution in [0.3, 0.4) is 0 Å². The fourth-order valence-electron chi connectivity index (χ4n) is 2.52. The van der Waals surface area contributed by atoms with Crippen molar-refractivity contribution in [1.82, 2.24) is 0 Å². The molecule has 2 rings (SSSR count). The molecule has 2 aromatic carbocycles. The van der Waals surface area contributed by atoms with Gasteiger partial charge in [-0.2, -0.15) is 0 Å². The number of hydrogen-bond acceptors (Lipinski definition) is 6. The summed E-state index contributed by atoms with van der Waals surface area (Å²) < 4.78 is 28.1. The van der Waals surface area contributed by atoms with E-state index in [2.05, 4.69) is 5.16 Å². The molecule has 0 aliphatic rings. The van der Waals surface area contributed by atoms with Crippen LogP contribution in [0.25, 0.3) is 5.57 Å². The predicted octanol–water partition coefficient (Wildman–Crippen LogP) is 4.21. The molecule has 6 nitrogen and oxygen atoms in total. The van der Waals surface area contributed by atoms with Gasteiger partial charge in [-0.15, -0.1) is 0 Å². The standard InChI is InChI=1S/C21H21ClFNO5/c1-26-11-18(21(25)28-3)16-5-4-6-19(22)17(16)12-29-24-20(13-27-2)14-7-9-15(23)10-8-14/h4-11H,12-13H2,1-3H3/b18-11+,24-20+. The van der Waals surface area contributed by atoms with Crippen LogP contribution < -0.4 is 0 Å². The van der Waals surface area contributed by atoms with Crippen LogP contribution in [0.5, 0.6) is 0 Å². The zero-order valence-corrected chi connectivity index (χ0v) is 17.0. The van der Waals surface area contributed by atoms with Gasteiger partial charge in [-0.05, 0) is 18.2 Å². The van der Waals surface area contributed by atoms with E-state index < -0.39 is 5.97 Å². The van der Waals surface area contributed by atoms with E-state index >= 15 is 0 Å². The molecule has 154 valence electrons. The number of halogens is 2. The van der Waals surface area contributed by atoms with Gasteiger partial charge in [0, 0.05) is 28.8 Å². The van der Waals surface area contributed by atoms with Gasteiger partial charge in [0.15, 0.2) is 0 Å². The summed E-state index contributed by atoms with van der Waals surface area (Å²) in [5.74, 6) is -0.933. The predicted molar refractivity (Wildman–Crippen MR) is 108 cm³/mol. The van der Waals surface area contributed by atoms with Gasteiger partial charge < -0.3 is 19.0 Å². The van der Waals surface area contributed by atoms with Crippen molar-refractivity contribution in [1.29, 1.82) is 0 Å². The molecule has 0 saturated carbocycles. The van der Waals surface area contributed by atoms with Gasteiger partial charge in [0.25, 0.3) is 0 Å². The Labute approximate surface area is 173 Å². The maximum atomic E-state index is 13.2. The third kappa shape index (κ3) is 6.04. The lowest BCUT2D eigenvalue weighted by Crippen LogP contribution is -2.11. The molecule has 0 aliphatic heterocycles. The largest absolute Gasteiger partial charge is 0.503 e. The average molecular weight is 422 g/mol. The number of esters is 1. The lowest BCUT2D eigenvalue weighted by molar-refractivity contribution is -0.133. The smallest absolute Gasteiger partial charge is 0.341 e. The maximum Gasteiger partial charge on any atom is 0.341 e. The van der Waals surface area contributed by atoms with Gasteiger partial charge in [-0.3, -0.25) is 0 Å². The highest BCUT2D eigenvalue weighted by atomic mass is 35.5. The lowest BCUT2D eigenvalue weighted by atomic mass is 10.0. The highest BCUT2D eigenvalue weighted by molar-refractivity contribution is 6.32. The highest BCUT2D eigenvalue weighted by Gasteiger charge is 2.19. The first kappa shape index (κ1) is 22.4. The molecule has 0 bridgehead atoms. The Morgan fingerprint density at radius 1 is 1.14 bits per heavy atom. The third-order valence-corrected chi connectivity index (χ3v) is 4.25. The molecule has 0 fully saturated rings. The minimum Gasteiger partial charge on any atom is -0.503 e. The van der Waals surface area contributed by atoms with E-state index in [1.165, 1.54) is 39.7 Å². The van der Waals surface area contributed by atoms with Gasteiger partial charge in [0.1, 0.15) is 23.7 Å². The molecular weight excluding hydrogens is 401 g/mol. The Morgan fingerprint density at radius 3 is 2.48 bits per heavy atom. The number of benzene rings is 2. The summed E-state index contributed by atoms with van der Waals surface area (Å²) in [5.41, 5.74) is 2.35. The SMILES string of the molecule is CO/C=C(/C(=O)OC)c1cccc(Cl)c1CO/N=C(\COC)c1ccc(F)cc1. The molecule has 0 radical (unpaired) electrons. The van der Waals surface area contributed by atoms with Gasteiger partial charge in [-0.25, -0.2) is 9.18 Å². The van der Waals surface area contributed by atoms with Gasteiger partial charge >= 0.3 is 5.97 Å². The highest BCUT2D eigenvalue weighted by Crippen LogP contribution is 2.28. The molecule has 0 heterocycles. The van der Waals surface area contributed by atoms with Crippen LogP contribution >= 0.6 is 11.6 Å². The van der Waals surface area contributed by atoms with Crippen molar-refractivity contribution in [3.63, 3.8) is 0 Å². The first-order chi connectivity index (χ1) is 14.0. The summed E-state index contributed by atoms with van der Waals surface area (Å²) in [5, 5.41) is 4.49. The van der Waals surface area contributed by atoms with Crippen LogP contribution in [-0.4, -0.2) is 39.6 Å². The fourth-order valence-corrected chi connectivity index (χ4v) is 2.75. The van der Waals surface area contributed by atoms with Crippen LogP contribution in [0.1, 0.15) is 16.7 Å². The van der Waals surface area contributed by atoms with Crippen LogP contribution in [0.2, 0.25) is 5.02 Å². The van der Waals surface area contributed by atoms with Crippen molar-refractivity contribution in [3.05, 3.63) is 76.3 Å². The molecule has 0 N–H and O–H groups in total. The Balaban J connectivity index is 2.31. The zero-order valence-electron chi connectivity index (χ0n) is 16.3. The molecule has 0 spiro atoms. The van der Waals surface area contributed by atoms with Crippen molar-refractivity contribution in [2.45, 2.75) is 6.61 Å². The van der Waals surface area contributed by atoms with Crippen molar-refractivity contribution in [3.8, 4) is 0 Å². The minimum absolute atomic E-state index is 0.0263. The van der Waals surface area contributed by atoms with Gasteiger partial charge in [-0.1, -0.05) is 41.0 Å². The van der Waals surface area contributed by atoms with Crippen LogP contribution in [0.15, 0.2) is 53.9 Å². The monoisotopic (exact) mass is 421 g/mol. The molecule has 0 atom stereocenters. The molecule has 0 unspecified atom stereocenters. The summed E-state index contributed by atoms with van der Waals surface area (Å²) in [6.07, 6.45) is 1.28. The van der Waals surface area contributed by atoms with E-state index in [1.54, 1.807) is 30.3 Å². The molecule has 8 heteroatoms. The van der Waals surface area contributed by atoms with Crippen molar-refractivity contribution in [2.75, 3.05) is 27.9 Å². The molecule has 0 aliphatic carbocycles. The van der Waals surface area contributed by atoms with Gasteiger partial charge in [0.2, 0.25) is 0 Å². The van der Waals surface area contributed by atoms with Crippen LogP contribution in [0.4, 0.5) is 4.39 Å². The second kappa shape index (κ2) is 11.2. The Bertz CT molecular complexity index is 896. The maximum absolute atomic E-state index is 13.2. The summed E-state index contributed by atoms with van der Waals surface area (Å²) in [6, 6.07) is 10.9. The number of carbonyl (C=O) groups is 1. The Morgan fingerprint density at radius 2 is 1.86 bits per heavy atom. The third-order valence-electron chi connectivity index (χ3n) is 3.89. The lowest BCUT2D eigenvalue weighted by Gasteiger charge is -2.13. The molecular formula is C21H21ClFNO5.